The van der Waals surface area contributed by atoms with Crippen LogP contribution in [0.4, 0.5) is 0 Å². The quantitative estimate of drug-likeness (QED) is 0.742. The fourth-order valence-corrected chi connectivity index (χ4v) is 4.05. The van der Waals surface area contributed by atoms with E-state index in [1.165, 1.54) is 22.3 Å². The number of aryl methyl sites for hydroxylation is 1. The summed E-state index contributed by atoms with van der Waals surface area (Å²) in [5, 5.41) is 2.29. The van der Waals surface area contributed by atoms with Crippen LogP contribution in [0.3, 0.4) is 0 Å². The number of carbonyl (C=O) groups is 2. The number of likely N-dealkylation sites (tertiary alicyclic amines) is 1. The SMILES string of the molecule is Cc1nc2sccc2c(=O)n1NC(=O)C1CCN(C(=O)c2ccco2)CC1. The molecule has 1 aliphatic heterocycles. The lowest BCUT2D eigenvalue weighted by Crippen LogP contribution is -2.44. The number of aromatic nitrogens is 2. The van der Waals surface area contributed by atoms with Crippen molar-refractivity contribution >= 4 is 33.4 Å². The van der Waals surface area contributed by atoms with E-state index >= 15 is 0 Å². The van der Waals surface area contributed by atoms with Crippen molar-refractivity contribution in [2.24, 2.45) is 5.92 Å². The van der Waals surface area contributed by atoms with Gasteiger partial charge in [0.05, 0.1) is 11.6 Å². The van der Waals surface area contributed by atoms with Crippen molar-refractivity contribution in [1.82, 2.24) is 14.6 Å². The fraction of sp³-hybridized carbons (Fsp3) is 0.333. The van der Waals surface area contributed by atoms with Gasteiger partial charge in [0.2, 0.25) is 5.91 Å². The molecule has 9 heteroatoms. The largest absolute Gasteiger partial charge is 0.459 e. The van der Waals surface area contributed by atoms with E-state index in [1.54, 1.807) is 35.4 Å². The molecule has 0 aliphatic carbocycles. The van der Waals surface area contributed by atoms with Crippen molar-refractivity contribution in [3.05, 3.63) is 51.8 Å². The third-order valence-electron chi connectivity index (χ3n) is 4.77. The molecule has 0 saturated carbocycles. The summed E-state index contributed by atoms with van der Waals surface area (Å²) in [5.74, 6) is 0.0683. The van der Waals surface area contributed by atoms with Gasteiger partial charge in [-0.25, -0.2) is 9.66 Å². The molecule has 140 valence electrons. The van der Waals surface area contributed by atoms with Gasteiger partial charge in [-0.2, -0.15) is 0 Å². The molecule has 8 nitrogen and oxygen atoms in total. The molecule has 0 aromatic carbocycles. The van der Waals surface area contributed by atoms with E-state index in [9.17, 15) is 14.4 Å². The summed E-state index contributed by atoms with van der Waals surface area (Å²) >= 11 is 1.39. The first-order valence-corrected chi connectivity index (χ1v) is 9.53. The van der Waals surface area contributed by atoms with Crippen LogP contribution in [0.25, 0.3) is 10.2 Å². The monoisotopic (exact) mass is 386 g/mol. The van der Waals surface area contributed by atoms with E-state index in [-0.39, 0.29) is 23.3 Å². The van der Waals surface area contributed by atoms with Crippen molar-refractivity contribution in [2.45, 2.75) is 19.8 Å². The number of rotatable bonds is 3. The van der Waals surface area contributed by atoms with Gasteiger partial charge in [0.1, 0.15) is 10.7 Å². The topological polar surface area (TPSA) is 97.4 Å². The summed E-state index contributed by atoms with van der Waals surface area (Å²) in [6.45, 7) is 2.62. The van der Waals surface area contributed by atoms with E-state index in [2.05, 4.69) is 10.4 Å². The highest BCUT2D eigenvalue weighted by molar-refractivity contribution is 7.16. The number of hydrogen-bond donors (Lipinski definition) is 1. The number of fused-ring (bicyclic) bond motifs is 1. The van der Waals surface area contributed by atoms with Crippen LogP contribution >= 0.6 is 11.3 Å². The molecule has 0 bridgehead atoms. The van der Waals surface area contributed by atoms with Gasteiger partial charge in [-0.15, -0.1) is 11.3 Å². The molecule has 0 radical (unpaired) electrons. The molecule has 4 heterocycles. The average molecular weight is 386 g/mol. The Balaban J connectivity index is 1.43. The number of thiophene rings is 1. The normalized spacial score (nSPS) is 15.2. The zero-order valence-corrected chi connectivity index (χ0v) is 15.5. The summed E-state index contributed by atoms with van der Waals surface area (Å²) in [4.78, 5) is 44.2. The van der Waals surface area contributed by atoms with Gasteiger partial charge in [0.15, 0.2) is 5.76 Å². The predicted octanol–water partition coefficient (Wildman–Crippen LogP) is 1.98. The molecule has 1 saturated heterocycles. The summed E-state index contributed by atoms with van der Waals surface area (Å²) in [5.41, 5.74) is 2.41. The first kappa shape index (κ1) is 17.5. The molecule has 0 atom stereocenters. The predicted molar refractivity (Wildman–Crippen MR) is 100 cm³/mol. The summed E-state index contributed by atoms with van der Waals surface area (Å²) < 4.78 is 6.35. The minimum Gasteiger partial charge on any atom is -0.459 e. The van der Waals surface area contributed by atoms with Crippen LogP contribution in [0, 0.1) is 12.8 Å². The second-order valence-corrected chi connectivity index (χ2v) is 7.35. The van der Waals surface area contributed by atoms with Crippen molar-refractivity contribution < 1.29 is 14.0 Å². The third-order valence-corrected chi connectivity index (χ3v) is 5.58. The van der Waals surface area contributed by atoms with E-state index in [1.807, 2.05) is 0 Å². The maximum absolute atomic E-state index is 12.6. The third kappa shape index (κ3) is 3.25. The highest BCUT2D eigenvalue weighted by Gasteiger charge is 2.29. The van der Waals surface area contributed by atoms with Crippen molar-refractivity contribution in [3.63, 3.8) is 0 Å². The lowest BCUT2D eigenvalue weighted by molar-refractivity contribution is -0.122. The van der Waals surface area contributed by atoms with E-state index in [0.29, 0.717) is 47.7 Å². The fourth-order valence-electron chi connectivity index (χ4n) is 3.25. The summed E-state index contributed by atoms with van der Waals surface area (Å²) in [6.07, 6.45) is 2.52. The highest BCUT2D eigenvalue weighted by Crippen LogP contribution is 2.20. The molecule has 1 aliphatic rings. The van der Waals surface area contributed by atoms with E-state index in [4.69, 9.17) is 4.42 Å². The number of amides is 2. The molecule has 1 fully saturated rings. The van der Waals surface area contributed by atoms with Gasteiger partial charge in [-0.3, -0.25) is 19.8 Å². The molecular formula is C18H18N4O4S. The van der Waals surface area contributed by atoms with Gasteiger partial charge in [0, 0.05) is 19.0 Å². The second kappa shape index (κ2) is 6.99. The molecule has 0 spiro atoms. The smallest absolute Gasteiger partial charge is 0.289 e. The number of piperidine rings is 1. The zero-order chi connectivity index (χ0) is 19.0. The standard InChI is InChI=1S/C18H18N4O4S/c1-11-19-16-13(6-10-27-16)17(24)22(11)20-15(23)12-4-7-21(8-5-12)18(25)14-3-2-9-26-14/h2-3,6,9-10,12H,4-5,7-8H2,1H3,(H,20,23). The van der Waals surface area contributed by atoms with E-state index < -0.39 is 0 Å². The van der Waals surface area contributed by atoms with Crippen molar-refractivity contribution in [1.29, 1.82) is 0 Å². The molecule has 3 aromatic rings. The minimum absolute atomic E-state index is 0.168. The van der Waals surface area contributed by atoms with Crippen LogP contribution < -0.4 is 11.0 Å². The highest BCUT2D eigenvalue weighted by atomic mass is 32.1. The van der Waals surface area contributed by atoms with Gasteiger partial charge < -0.3 is 9.32 Å². The molecule has 27 heavy (non-hydrogen) atoms. The maximum Gasteiger partial charge on any atom is 0.289 e. The Kier molecular flexibility index (Phi) is 4.53. The minimum atomic E-state index is -0.280. The Morgan fingerprint density at radius 3 is 2.78 bits per heavy atom. The zero-order valence-electron chi connectivity index (χ0n) is 14.7. The summed E-state index contributed by atoms with van der Waals surface area (Å²) in [7, 11) is 0. The van der Waals surface area contributed by atoms with Gasteiger partial charge in [-0.05, 0) is 43.3 Å². The number of carbonyl (C=O) groups excluding carboxylic acids is 2. The molecule has 4 rings (SSSR count). The Bertz CT molecular complexity index is 1050. The molecule has 3 aromatic heterocycles. The van der Waals surface area contributed by atoms with Crippen LogP contribution in [0.15, 0.2) is 39.1 Å². The van der Waals surface area contributed by atoms with Gasteiger partial charge in [0.25, 0.3) is 11.5 Å². The maximum atomic E-state index is 12.6. The molecular weight excluding hydrogens is 368 g/mol. The first-order valence-electron chi connectivity index (χ1n) is 8.65. The van der Waals surface area contributed by atoms with Crippen LogP contribution in [-0.2, 0) is 4.79 Å². The first-order chi connectivity index (χ1) is 13.0. The van der Waals surface area contributed by atoms with Gasteiger partial charge >= 0.3 is 0 Å². The van der Waals surface area contributed by atoms with Crippen LogP contribution in [0.1, 0.15) is 29.2 Å². The van der Waals surface area contributed by atoms with Gasteiger partial charge in [-0.1, -0.05) is 0 Å². The molecule has 1 N–H and O–H groups in total. The number of hydrogen-bond acceptors (Lipinski definition) is 6. The average Bonchev–Trinajstić information content (AvgIpc) is 3.36. The van der Waals surface area contributed by atoms with Crippen LogP contribution in [0.2, 0.25) is 0 Å². The summed E-state index contributed by atoms with van der Waals surface area (Å²) in [6, 6.07) is 5.01. The number of nitrogens with one attached hydrogen (secondary N) is 1. The Morgan fingerprint density at radius 2 is 2.07 bits per heavy atom. The number of nitrogens with zero attached hydrogens (tertiary/aromatic N) is 3. The van der Waals surface area contributed by atoms with Crippen LogP contribution in [-0.4, -0.2) is 39.5 Å². The molecule has 2 amide bonds. The van der Waals surface area contributed by atoms with Crippen LogP contribution in [0.5, 0.6) is 0 Å². The second-order valence-electron chi connectivity index (χ2n) is 6.46. The molecule has 0 unspecified atom stereocenters. The Hall–Kier alpha value is -2.94. The number of furan rings is 1. The lowest BCUT2D eigenvalue weighted by Gasteiger charge is -2.30. The van der Waals surface area contributed by atoms with Crippen molar-refractivity contribution in [2.75, 3.05) is 18.5 Å². The Labute approximate surface area is 158 Å². The Morgan fingerprint density at radius 1 is 1.30 bits per heavy atom. The van der Waals surface area contributed by atoms with E-state index in [0.717, 1.165) is 0 Å². The lowest BCUT2D eigenvalue weighted by atomic mass is 9.96. The van der Waals surface area contributed by atoms with Crippen molar-refractivity contribution in [3.8, 4) is 0 Å².